The molecule has 3 N–H and O–H groups in total. The molecule has 1 aromatic heterocycles. The Bertz CT molecular complexity index is 894. The average molecular weight is 399 g/mol. The molecule has 0 bridgehead atoms. The van der Waals surface area contributed by atoms with E-state index in [2.05, 4.69) is 9.71 Å². The molecular weight excluding hydrogens is 380 g/mol. The molecule has 0 amide bonds. The van der Waals surface area contributed by atoms with Crippen LogP contribution in [-0.4, -0.2) is 39.3 Å². The Morgan fingerprint density at radius 2 is 2.04 bits per heavy atom. The molecule has 10 heteroatoms. The lowest BCUT2D eigenvalue weighted by atomic mass is 9.98. The van der Waals surface area contributed by atoms with E-state index in [1.54, 1.807) is 24.3 Å². The second-order valence-electron chi connectivity index (χ2n) is 6.21. The molecule has 3 rings (SSSR count). The zero-order valence-electron chi connectivity index (χ0n) is 14.3. The van der Waals surface area contributed by atoms with Gasteiger partial charge in [-0.25, -0.2) is 13.9 Å². The first kappa shape index (κ1) is 19.6. The van der Waals surface area contributed by atoms with E-state index in [0.717, 1.165) is 12.3 Å². The topological polar surface area (TPSA) is 104 Å². The highest BCUT2D eigenvalue weighted by atomic mass is 32.2. The summed E-state index contributed by atoms with van der Waals surface area (Å²) in [5.74, 6) is -1.18. The Hall–Kier alpha value is -2.14. The molecule has 0 radical (unpaired) electrons. The number of benzene rings is 1. The molecule has 1 aliphatic heterocycles. The summed E-state index contributed by atoms with van der Waals surface area (Å²) in [5, 5.41) is 5.05. The van der Waals surface area contributed by atoms with Gasteiger partial charge >= 0.3 is 0 Å². The molecule has 2 atom stereocenters. The largest absolute Gasteiger partial charge is 0.493 e. The van der Waals surface area contributed by atoms with E-state index in [1.165, 1.54) is 0 Å². The Morgan fingerprint density at radius 3 is 2.70 bits per heavy atom. The fraction of sp³-hybridized carbons (Fsp3) is 0.353. The van der Waals surface area contributed by atoms with Crippen LogP contribution in [0.4, 0.5) is 8.78 Å². The number of hydrogen-bond acceptors (Lipinski definition) is 5. The Labute approximate surface area is 155 Å². The van der Waals surface area contributed by atoms with Crippen LogP contribution in [0, 0.1) is 17.6 Å². The molecule has 7 nitrogen and oxygen atoms in total. The second kappa shape index (κ2) is 8.26. The van der Waals surface area contributed by atoms with Gasteiger partial charge in [0.2, 0.25) is 0 Å². The molecule has 146 valence electrons. The maximum absolute atomic E-state index is 13.8. The van der Waals surface area contributed by atoms with Gasteiger partial charge in [0.25, 0.3) is 10.2 Å². The number of nitrogens with one attached hydrogen (secondary N) is 1. The number of nitrogens with two attached hydrogens (primary N) is 1. The predicted molar refractivity (Wildman–Crippen MR) is 94.0 cm³/mol. The van der Waals surface area contributed by atoms with Gasteiger partial charge in [-0.1, -0.05) is 0 Å². The molecule has 0 saturated carbocycles. The molecule has 1 saturated heterocycles. The standard InChI is InChI=1S/C17H19F2N3O4S/c18-13-7-15(19)17(21-8-13)11-1-3-14(4-2-11)26-10-12-9-25-6-5-16(12)22-27(20,23)24/h1-4,7-8,12,16,22H,5-6,9-10H2,(H2,20,23,24). The zero-order valence-corrected chi connectivity index (χ0v) is 15.1. The summed E-state index contributed by atoms with van der Waals surface area (Å²) in [5.41, 5.74) is 0.524. The maximum atomic E-state index is 13.8. The quantitative estimate of drug-likeness (QED) is 0.768. The number of ether oxygens (including phenoxy) is 2. The highest BCUT2D eigenvalue weighted by molar-refractivity contribution is 7.87. The molecule has 1 aromatic carbocycles. The summed E-state index contributed by atoms with van der Waals surface area (Å²) in [4.78, 5) is 3.76. The lowest BCUT2D eigenvalue weighted by molar-refractivity contribution is 0.0186. The van der Waals surface area contributed by atoms with Crippen LogP contribution in [0.2, 0.25) is 0 Å². The van der Waals surface area contributed by atoms with Crippen LogP contribution in [0.25, 0.3) is 11.3 Å². The van der Waals surface area contributed by atoms with Crippen LogP contribution in [0.5, 0.6) is 5.75 Å². The summed E-state index contributed by atoms with van der Waals surface area (Å²) in [6, 6.07) is 6.88. The van der Waals surface area contributed by atoms with Crippen molar-refractivity contribution in [1.82, 2.24) is 9.71 Å². The van der Waals surface area contributed by atoms with E-state index in [4.69, 9.17) is 14.6 Å². The van der Waals surface area contributed by atoms with Crippen LogP contribution in [0.3, 0.4) is 0 Å². The van der Waals surface area contributed by atoms with Crippen molar-refractivity contribution in [2.75, 3.05) is 19.8 Å². The molecule has 2 heterocycles. The van der Waals surface area contributed by atoms with Gasteiger partial charge in [-0.05, 0) is 30.7 Å². The van der Waals surface area contributed by atoms with E-state index < -0.39 is 21.8 Å². The van der Waals surface area contributed by atoms with E-state index in [0.29, 0.717) is 30.9 Å². The monoisotopic (exact) mass is 399 g/mol. The molecular formula is C17H19F2N3O4S. The molecule has 1 fully saturated rings. The van der Waals surface area contributed by atoms with Crippen molar-refractivity contribution < 1.29 is 26.7 Å². The van der Waals surface area contributed by atoms with E-state index >= 15 is 0 Å². The van der Waals surface area contributed by atoms with Crippen molar-refractivity contribution in [3.8, 4) is 17.0 Å². The van der Waals surface area contributed by atoms with Crippen LogP contribution in [-0.2, 0) is 14.9 Å². The fourth-order valence-corrected chi connectivity index (χ4v) is 3.60. The normalized spacial score (nSPS) is 20.4. The highest BCUT2D eigenvalue weighted by Gasteiger charge is 2.29. The Morgan fingerprint density at radius 1 is 1.30 bits per heavy atom. The smallest absolute Gasteiger partial charge is 0.274 e. The van der Waals surface area contributed by atoms with Crippen molar-refractivity contribution in [2.24, 2.45) is 11.1 Å². The summed E-state index contributed by atoms with van der Waals surface area (Å²) in [6.07, 6.45) is 1.45. The minimum absolute atomic E-state index is 0.0426. The predicted octanol–water partition coefficient (Wildman–Crippen LogP) is 1.60. The first-order valence-corrected chi connectivity index (χ1v) is 9.78. The number of aromatic nitrogens is 1. The first-order chi connectivity index (χ1) is 12.8. The maximum Gasteiger partial charge on any atom is 0.274 e. The third-order valence-corrected chi connectivity index (χ3v) is 4.82. The van der Waals surface area contributed by atoms with E-state index in [9.17, 15) is 17.2 Å². The molecule has 2 unspecified atom stereocenters. The Balaban J connectivity index is 1.64. The van der Waals surface area contributed by atoms with Crippen LogP contribution < -0.4 is 14.6 Å². The van der Waals surface area contributed by atoms with E-state index in [1.807, 2.05) is 0 Å². The summed E-state index contributed by atoms with van der Waals surface area (Å²) >= 11 is 0. The number of halogens is 2. The number of nitrogens with zero attached hydrogens (tertiary/aromatic N) is 1. The summed E-state index contributed by atoms with van der Waals surface area (Å²) in [6.45, 7) is 1.00. The number of pyridine rings is 1. The summed E-state index contributed by atoms with van der Waals surface area (Å²) in [7, 11) is -3.81. The van der Waals surface area contributed by atoms with Crippen molar-refractivity contribution >= 4 is 10.2 Å². The average Bonchev–Trinajstić information content (AvgIpc) is 2.60. The van der Waals surface area contributed by atoms with Gasteiger partial charge in [0.1, 0.15) is 17.3 Å². The SMILES string of the molecule is NS(=O)(=O)NC1CCOCC1COc1ccc(-c2ncc(F)cc2F)cc1. The summed E-state index contributed by atoms with van der Waals surface area (Å²) < 4.78 is 62.8. The van der Waals surface area contributed by atoms with Gasteiger partial charge in [-0.2, -0.15) is 13.1 Å². The Kier molecular flexibility index (Phi) is 6.00. The lowest BCUT2D eigenvalue weighted by Crippen LogP contribution is -2.49. The minimum atomic E-state index is -3.81. The molecule has 27 heavy (non-hydrogen) atoms. The van der Waals surface area contributed by atoms with Crippen LogP contribution >= 0.6 is 0 Å². The third-order valence-electron chi connectivity index (χ3n) is 4.19. The highest BCUT2D eigenvalue weighted by Crippen LogP contribution is 2.24. The lowest BCUT2D eigenvalue weighted by Gasteiger charge is -2.31. The van der Waals surface area contributed by atoms with Gasteiger partial charge < -0.3 is 9.47 Å². The van der Waals surface area contributed by atoms with Gasteiger partial charge in [0, 0.05) is 30.2 Å². The number of rotatable bonds is 6. The van der Waals surface area contributed by atoms with Gasteiger partial charge in [0.05, 0.1) is 19.4 Å². The molecule has 0 spiro atoms. The van der Waals surface area contributed by atoms with Gasteiger partial charge in [0.15, 0.2) is 5.82 Å². The molecule has 2 aromatic rings. The fourth-order valence-electron chi connectivity index (χ4n) is 2.87. The number of hydrogen-bond donors (Lipinski definition) is 2. The minimum Gasteiger partial charge on any atom is -0.493 e. The van der Waals surface area contributed by atoms with Crippen molar-refractivity contribution in [3.05, 3.63) is 48.2 Å². The first-order valence-electron chi connectivity index (χ1n) is 8.24. The zero-order chi connectivity index (χ0) is 19.4. The third kappa shape index (κ3) is 5.42. The van der Waals surface area contributed by atoms with Crippen LogP contribution in [0.15, 0.2) is 36.5 Å². The van der Waals surface area contributed by atoms with Crippen molar-refractivity contribution in [2.45, 2.75) is 12.5 Å². The second-order valence-corrected chi connectivity index (χ2v) is 7.54. The van der Waals surface area contributed by atoms with E-state index in [-0.39, 0.29) is 24.3 Å². The molecule has 1 aliphatic rings. The van der Waals surface area contributed by atoms with Gasteiger partial charge in [-0.15, -0.1) is 0 Å². The van der Waals surface area contributed by atoms with Crippen LogP contribution in [0.1, 0.15) is 6.42 Å². The molecule has 0 aliphatic carbocycles. The van der Waals surface area contributed by atoms with Crippen molar-refractivity contribution in [3.63, 3.8) is 0 Å². The van der Waals surface area contributed by atoms with Gasteiger partial charge in [-0.3, -0.25) is 4.98 Å². The van der Waals surface area contributed by atoms with Crippen molar-refractivity contribution in [1.29, 1.82) is 0 Å².